The second-order valence-electron chi connectivity index (χ2n) is 6.31. The summed E-state index contributed by atoms with van der Waals surface area (Å²) in [4.78, 5) is 17.0. The third kappa shape index (κ3) is 3.52. The summed E-state index contributed by atoms with van der Waals surface area (Å²) in [5.41, 5.74) is 3.25. The van der Waals surface area contributed by atoms with Crippen LogP contribution in [0, 0.1) is 19.8 Å². The minimum absolute atomic E-state index is 0.0138. The summed E-state index contributed by atoms with van der Waals surface area (Å²) < 4.78 is 23.0. The number of fused-ring (bicyclic) bond motifs is 1. The fourth-order valence-corrected chi connectivity index (χ4v) is 4.89. The molecule has 2 heterocycles. The Morgan fingerprint density at radius 1 is 1.30 bits per heavy atom. The van der Waals surface area contributed by atoms with E-state index in [1.54, 1.807) is 6.07 Å². The van der Waals surface area contributed by atoms with Crippen LogP contribution in [0.25, 0.3) is 10.9 Å². The number of carbonyl (C=O) groups excluding carboxylic acids is 1. The van der Waals surface area contributed by atoms with Crippen LogP contribution < -0.4 is 5.32 Å². The van der Waals surface area contributed by atoms with Crippen LogP contribution in [0.15, 0.2) is 24.3 Å². The van der Waals surface area contributed by atoms with Crippen molar-refractivity contribution in [3.05, 3.63) is 41.1 Å². The van der Waals surface area contributed by atoms with Crippen molar-refractivity contribution in [2.45, 2.75) is 20.3 Å². The highest BCUT2D eigenvalue weighted by Crippen LogP contribution is 2.21. The van der Waals surface area contributed by atoms with Crippen molar-refractivity contribution < 1.29 is 13.2 Å². The smallest absolute Gasteiger partial charge is 0.252 e. The number of hydrogen-bond donors (Lipinski definition) is 1. The molecule has 1 N–H and O–H groups in total. The van der Waals surface area contributed by atoms with E-state index in [1.807, 2.05) is 32.0 Å². The van der Waals surface area contributed by atoms with Gasteiger partial charge in [0.1, 0.15) is 0 Å². The van der Waals surface area contributed by atoms with E-state index in [-0.39, 0.29) is 23.3 Å². The Labute approximate surface area is 136 Å². The first-order valence-electron chi connectivity index (χ1n) is 7.71. The van der Waals surface area contributed by atoms with Crippen LogP contribution in [0.5, 0.6) is 0 Å². The molecule has 0 aliphatic carbocycles. The van der Waals surface area contributed by atoms with Crippen molar-refractivity contribution >= 4 is 26.6 Å². The molecule has 122 valence electrons. The molecule has 5 nitrogen and oxygen atoms in total. The summed E-state index contributed by atoms with van der Waals surface area (Å²) in [6.07, 6.45) is 0.623. The quantitative estimate of drug-likeness (QED) is 0.933. The van der Waals surface area contributed by atoms with Gasteiger partial charge >= 0.3 is 0 Å². The average Bonchev–Trinajstić information content (AvgIpc) is 2.84. The van der Waals surface area contributed by atoms with Gasteiger partial charge in [-0.05, 0) is 44.4 Å². The van der Waals surface area contributed by atoms with Gasteiger partial charge in [0.25, 0.3) is 5.91 Å². The lowest BCUT2D eigenvalue weighted by atomic mass is 10.0. The molecule has 0 unspecified atom stereocenters. The van der Waals surface area contributed by atoms with Gasteiger partial charge in [0.05, 0.1) is 22.6 Å². The lowest BCUT2D eigenvalue weighted by molar-refractivity contribution is 0.0950. The van der Waals surface area contributed by atoms with E-state index in [9.17, 15) is 13.2 Å². The molecule has 1 amide bonds. The van der Waals surface area contributed by atoms with E-state index in [0.29, 0.717) is 18.5 Å². The molecule has 1 saturated heterocycles. The number of nitrogens with zero attached hydrogens (tertiary/aromatic N) is 1. The van der Waals surface area contributed by atoms with Gasteiger partial charge in [0.15, 0.2) is 9.84 Å². The molecule has 6 heteroatoms. The lowest BCUT2D eigenvalue weighted by Gasteiger charge is -2.12. The Bertz CT molecular complexity index is 875. The molecule has 3 rings (SSSR count). The molecular weight excluding hydrogens is 312 g/mol. The van der Waals surface area contributed by atoms with E-state index in [4.69, 9.17) is 0 Å². The van der Waals surface area contributed by atoms with Gasteiger partial charge in [0, 0.05) is 17.6 Å². The van der Waals surface area contributed by atoms with Crippen molar-refractivity contribution in [2.75, 3.05) is 18.1 Å². The van der Waals surface area contributed by atoms with Crippen LogP contribution in [0.2, 0.25) is 0 Å². The third-order valence-electron chi connectivity index (χ3n) is 4.21. The second-order valence-corrected chi connectivity index (χ2v) is 8.54. The van der Waals surface area contributed by atoms with E-state index in [2.05, 4.69) is 10.3 Å². The number of carbonyl (C=O) groups is 1. The van der Waals surface area contributed by atoms with Crippen molar-refractivity contribution in [1.82, 2.24) is 10.3 Å². The van der Waals surface area contributed by atoms with Crippen LogP contribution in [-0.2, 0) is 9.84 Å². The van der Waals surface area contributed by atoms with Gasteiger partial charge in [-0.1, -0.05) is 11.6 Å². The standard InChI is InChI=1S/C17H20N2O3S/c1-11-3-4-16-14(7-11)15(8-12(2)19-16)17(20)18-9-13-5-6-23(21,22)10-13/h3-4,7-8,13H,5-6,9-10H2,1-2H3,(H,18,20)/t13-/m1/s1. The zero-order chi connectivity index (χ0) is 16.6. The highest BCUT2D eigenvalue weighted by Gasteiger charge is 2.28. The molecule has 1 aromatic carbocycles. The minimum Gasteiger partial charge on any atom is -0.352 e. The number of rotatable bonds is 3. The predicted molar refractivity (Wildman–Crippen MR) is 90.3 cm³/mol. The Balaban J connectivity index is 1.82. The van der Waals surface area contributed by atoms with Crippen LogP contribution >= 0.6 is 0 Å². The van der Waals surface area contributed by atoms with Crippen LogP contribution in [0.1, 0.15) is 28.0 Å². The molecule has 1 aromatic heterocycles. The molecule has 0 saturated carbocycles. The number of benzene rings is 1. The molecule has 1 fully saturated rings. The SMILES string of the molecule is Cc1ccc2nc(C)cc(C(=O)NC[C@H]3CCS(=O)(=O)C3)c2c1. The highest BCUT2D eigenvalue weighted by molar-refractivity contribution is 7.91. The van der Waals surface area contributed by atoms with Crippen LogP contribution in [0.4, 0.5) is 0 Å². The van der Waals surface area contributed by atoms with Crippen molar-refractivity contribution in [1.29, 1.82) is 0 Å². The van der Waals surface area contributed by atoms with E-state index in [0.717, 1.165) is 22.2 Å². The number of amides is 1. The number of aryl methyl sites for hydroxylation is 2. The summed E-state index contributed by atoms with van der Waals surface area (Å²) in [5, 5.41) is 3.71. The van der Waals surface area contributed by atoms with E-state index < -0.39 is 9.84 Å². The molecule has 0 spiro atoms. The van der Waals surface area contributed by atoms with Gasteiger partial charge in [-0.25, -0.2) is 8.42 Å². The first-order valence-corrected chi connectivity index (χ1v) is 9.53. The Kier molecular flexibility index (Phi) is 4.10. The van der Waals surface area contributed by atoms with Crippen molar-refractivity contribution in [2.24, 2.45) is 5.92 Å². The van der Waals surface area contributed by atoms with Crippen molar-refractivity contribution in [3.63, 3.8) is 0 Å². The summed E-state index contributed by atoms with van der Waals surface area (Å²) in [6.45, 7) is 4.23. The van der Waals surface area contributed by atoms with Gasteiger partial charge in [-0.3, -0.25) is 9.78 Å². The summed E-state index contributed by atoms with van der Waals surface area (Å²) in [7, 11) is -2.92. The van der Waals surface area contributed by atoms with Gasteiger partial charge < -0.3 is 5.32 Å². The van der Waals surface area contributed by atoms with Crippen molar-refractivity contribution in [3.8, 4) is 0 Å². The maximum atomic E-state index is 12.6. The topological polar surface area (TPSA) is 76.1 Å². The molecule has 1 atom stereocenters. The molecule has 2 aromatic rings. The maximum Gasteiger partial charge on any atom is 0.252 e. The maximum absolute atomic E-state index is 12.6. The Hall–Kier alpha value is -1.95. The number of sulfone groups is 1. The second kappa shape index (κ2) is 5.92. The first-order chi connectivity index (χ1) is 10.8. The van der Waals surface area contributed by atoms with Gasteiger partial charge in [-0.2, -0.15) is 0 Å². The van der Waals surface area contributed by atoms with E-state index in [1.165, 1.54) is 0 Å². The Morgan fingerprint density at radius 3 is 2.78 bits per heavy atom. The summed E-state index contributed by atoms with van der Waals surface area (Å²) >= 11 is 0. The lowest BCUT2D eigenvalue weighted by Crippen LogP contribution is -2.30. The fourth-order valence-electron chi connectivity index (χ4n) is 3.03. The number of pyridine rings is 1. The zero-order valence-electron chi connectivity index (χ0n) is 13.3. The fraction of sp³-hybridized carbons (Fsp3) is 0.412. The zero-order valence-corrected chi connectivity index (χ0v) is 14.1. The summed E-state index contributed by atoms with van der Waals surface area (Å²) in [6, 6.07) is 7.62. The molecule has 1 aliphatic heterocycles. The number of nitrogens with one attached hydrogen (secondary N) is 1. The van der Waals surface area contributed by atoms with Gasteiger partial charge in [0.2, 0.25) is 0 Å². The number of aromatic nitrogens is 1. The average molecular weight is 332 g/mol. The molecule has 0 radical (unpaired) electrons. The molecule has 1 aliphatic rings. The van der Waals surface area contributed by atoms with Crippen LogP contribution in [-0.4, -0.2) is 37.4 Å². The summed E-state index contributed by atoms with van der Waals surface area (Å²) in [5.74, 6) is 0.238. The largest absolute Gasteiger partial charge is 0.352 e. The monoisotopic (exact) mass is 332 g/mol. The molecular formula is C17H20N2O3S. The normalized spacial score (nSPS) is 19.8. The Morgan fingerprint density at radius 2 is 2.09 bits per heavy atom. The minimum atomic E-state index is -2.92. The van der Waals surface area contributed by atoms with Crippen LogP contribution in [0.3, 0.4) is 0 Å². The predicted octanol–water partition coefficient (Wildman–Crippen LogP) is 2.02. The first kappa shape index (κ1) is 15.9. The van der Waals surface area contributed by atoms with Gasteiger partial charge in [-0.15, -0.1) is 0 Å². The number of hydrogen-bond acceptors (Lipinski definition) is 4. The molecule has 0 bridgehead atoms. The highest BCUT2D eigenvalue weighted by atomic mass is 32.2. The third-order valence-corrected chi connectivity index (χ3v) is 6.05. The van der Waals surface area contributed by atoms with E-state index >= 15 is 0 Å². The molecule has 23 heavy (non-hydrogen) atoms.